The largest absolute Gasteiger partial charge is 0.367 e. The molecule has 0 N–H and O–H groups in total. The first-order chi connectivity index (χ1) is 9.31. The zero-order valence-corrected chi connectivity index (χ0v) is 11.8. The molecule has 100 valence electrons. The van der Waals surface area contributed by atoms with Crippen LogP contribution < -0.4 is 0 Å². The van der Waals surface area contributed by atoms with Gasteiger partial charge >= 0.3 is 0 Å². The molecule has 4 heteroatoms. The lowest BCUT2D eigenvalue weighted by molar-refractivity contribution is 0.166. The summed E-state index contributed by atoms with van der Waals surface area (Å²) >= 11 is 1.90. The topological polar surface area (TPSA) is 27.1 Å². The predicted molar refractivity (Wildman–Crippen MR) is 78.4 cm³/mol. The Labute approximate surface area is 118 Å². The predicted octanol–water partition coefficient (Wildman–Crippen LogP) is 3.49. The van der Waals surface area contributed by atoms with Crippen LogP contribution in [0.3, 0.4) is 0 Å². The number of benzene rings is 1. The average Bonchev–Trinajstić information content (AvgIpc) is 3.08. The number of thioether (sulfide) groups is 1. The summed E-state index contributed by atoms with van der Waals surface area (Å²) in [6, 6.07) is 10.5. The van der Waals surface area contributed by atoms with Gasteiger partial charge in [0.25, 0.3) is 0 Å². The molecule has 0 aliphatic carbocycles. The number of rotatable bonds is 4. The van der Waals surface area contributed by atoms with Crippen molar-refractivity contribution >= 4 is 11.8 Å². The fourth-order valence-corrected chi connectivity index (χ4v) is 3.42. The Morgan fingerprint density at radius 3 is 2.84 bits per heavy atom. The lowest BCUT2D eigenvalue weighted by atomic mass is 10.2. The minimum absolute atomic E-state index is 0.376. The van der Waals surface area contributed by atoms with Crippen LogP contribution in [0.25, 0.3) is 5.69 Å². The van der Waals surface area contributed by atoms with E-state index in [2.05, 4.69) is 36.3 Å². The summed E-state index contributed by atoms with van der Waals surface area (Å²) in [6.45, 7) is 3.16. The molecule has 19 heavy (non-hydrogen) atoms. The summed E-state index contributed by atoms with van der Waals surface area (Å²) < 4.78 is 7.59. The monoisotopic (exact) mass is 274 g/mol. The molecule has 1 unspecified atom stereocenters. The van der Waals surface area contributed by atoms with E-state index in [9.17, 15) is 0 Å². The van der Waals surface area contributed by atoms with Crippen LogP contribution in [0.5, 0.6) is 0 Å². The summed E-state index contributed by atoms with van der Waals surface area (Å²) in [7, 11) is 0. The molecule has 3 rings (SSSR count). The van der Waals surface area contributed by atoms with Crippen LogP contribution >= 0.6 is 11.8 Å². The number of hydrogen-bond acceptors (Lipinski definition) is 3. The van der Waals surface area contributed by atoms with Crippen molar-refractivity contribution < 1.29 is 4.74 Å². The average molecular weight is 274 g/mol. The first-order valence-corrected chi connectivity index (χ1v) is 7.68. The van der Waals surface area contributed by atoms with E-state index in [1.807, 2.05) is 28.7 Å². The van der Waals surface area contributed by atoms with E-state index >= 15 is 0 Å². The maximum atomic E-state index is 5.72. The maximum Gasteiger partial charge on any atom is 0.103 e. The Morgan fingerprint density at radius 1 is 1.37 bits per heavy atom. The van der Waals surface area contributed by atoms with Gasteiger partial charge in [0.05, 0.1) is 12.3 Å². The van der Waals surface area contributed by atoms with Crippen molar-refractivity contribution in [3.05, 3.63) is 48.3 Å². The van der Waals surface area contributed by atoms with Crippen molar-refractivity contribution in [2.24, 2.45) is 5.92 Å². The summed E-state index contributed by atoms with van der Waals surface area (Å²) in [5.74, 6) is 1.72. The zero-order valence-electron chi connectivity index (χ0n) is 11.0. The molecule has 2 aromatic rings. The van der Waals surface area contributed by atoms with Crippen LogP contribution in [0.1, 0.15) is 18.9 Å². The maximum absolute atomic E-state index is 5.72. The Morgan fingerprint density at radius 2 is 2.21 bits per heavy atom. The van der Waals surface area contributed by atoms with Crippen LogP contribution in [0.2, 0.25) is 0 Å². The van der Waals surface area contributed by atoms with Crippen molar-refractivity contribution in [2.75, 3.05) is 6.61 Å². The van der Waals surface area contributed by atoms with Crippen LogP contribution in [0.15, 0.2) is 42.7 Å². The molecule has 1 aromatic carbocycles. The summed E-state index contributed by atoms with van der Waals surface area (Å²) in [5, 5.41) is 4.22. The van der Waals surface area contributed by atoms with Gasteiger partial charge in [0.15, 0.2) is 0 Å². The third-order valence-corrected chi connectivity index (χ3v) is 4.50. The molecule has 1 aliphatic rings. The van der Waals surface area contributed by atoms with Gasteiger partial charge in [-0.05, 0) is 36.1 Å². The van der Waals surface area contributed by atoms with E-state index in [-0.39, 0.29) is 0 Å². The fraction of sp³-hybridized carbons (Fsp3) is 0.400. The molecule has 1 saturated heterocycles. The van der Waals surface area contributed by atoms with E-state index in [4.69, 9.17) is 4.74 Å². The third kappa shape index (κ3) is 3.19. The molecule has 2 atom stereocenters. The molecule has 1 fully saturated rings. The molecular weight excluding hydrogens is 256 g/mol. The number of aromatic nitrogens is 2. The van der Waals surface area contributed by atoms with Gasteiger partial charge in [-0.15, -0.1) is 11.8 Å². The van der Waals surface area contributed by atoms with Crippen molar-refractivity contribution in [2.45, 2.75) is 24.5 Å². The van der Waals surface area contributed by atoms with Gasteiger partial charge in [0.2, 0.25) is 0 Å². The molecular formula is C15H18N2OS. The van der Waals surface area contributed by atoms with Gasteiger partial charge in [-0.1, -0.05) is 19.1 Å². The Balaban J connectivity index is 1.57. The molecule has 0 radical (unpaired) electrons. The quantitative estimate of drug-likeness (QED) is 0.854. The van der Waals surface area contributed by atoms with Crippen molar-refractivity contribution in [3.8, 4) is 5.69 Å². The van der Waals surface area contributed by atoms with Gasteiger partial charge in [-0.2, -0.15) is 5.10 Å². The third-order valence-electron chi connectivity index (χ3n) is 3.30. The van der Waals surface area contributed by atoms with E-state index < -0.39 is 0 Å². The Kier molecular flexibility index (Phi) is 3.89. The van der Waals surface area contributed by atoms with Gasteiger partial charge < -0.3 is 4.74 Å². The van der Waals surface area contributed by atoms with E-state index in [0.717, 1.165) is 18.0 Å². The second kappa shape index (κ2) is 5.80. The number of nitrogens with zero attached hydrogens (tertiary/aromatic N) is 2. The summed E-state index contributed by atoms with van der Waals surface area (Å²) in [4.78, 5) is 0. The lowest BCUT2D eigenvalue weighted by Gasteiger charge is -2.09. The second-order valence-corrected chi connectivity index (χ2v) is 6.18. The van der Waals surface area contributed by atoms with Crippen LogP contribution in [0.4, 0.5) is 0 Å². The van der Waals surface area contributed by atoms with Gasteiger partial charge in [-0.3, -0.25) is 0 Å². The second-order valence-electron chi connectivity index (χ2n) is 5.03. The molecule has 3 nitrogen and oxygen atoms in total. The standard InChI is InChI=1S/C15H18N2OS/c1-12-9-15(18-10-12)19-11-13-3-5-14(6-4-13)17-8-2-7-16-17/h2-8,12,15H,9-11H2,1H3/t12-,15?/m1/s1. The van der Waals surface area contributed by atoms with E-state index in [1.165, 1.54) is 12.0 Å². The van der Waals surface area contributed by atoms with Crippen LogP contribution in [-0.2, 0) is 10.5 Å². The highest BCUT2D eigenvalue weighted by molar-refractivity contribution is 7.99. The van der Waals surface area contributed by atoms with Gasteiger partial charge in [0.1, 0.15) is 5.44 Å². The van der Waals surface area contributed by atoms with E-state index in [1.54, 1.807) is 6.20 Å². The van der Waals surface area contributed by atoms with Crippen molar-refractivity contribution in [3.63, 3.8) is 0 Å². The van der Waals surface area contributed by atoms with Crippen LogP contribution in [0, 0.1) is 5.92 Å². The van der Waals surface area contributed by atoms with Crippen LogP contribution in [-0.4, -0.2) is 21.8 Å². The molecule has 1 aliphatic heterocycles. The molecule has 0 amide bonds. The number of hydrogen-bond donors (Lipinski definition) is 0. The minimum atomic E-state index is 0.376. The normalized spacial score (nSPS) is 22.8. The highest BCUT2D eigenvalue weighted by Crippen LogP contribution is 2.30. The smallest absolute Gasteiger partial charge is 0.103 e. The minimum Gasteiger partial charge on any atom is -0.367 e. The molecule has 0 saturated carbocycles. The first-order valence-electron chi connectivity index (χ1n) is 6.63. The van der Waals surface area contributed by atoms with Gasteiger partial charge in [0, 0.05) is 18.1 Å². The van der Waals surface area contributed by atoms with Crippen molar-refractivity contribution in [1.82, 2.24) is 9.78 Å². The molecule has 0 spiro atoms. The Bertz CT molecular complexity index is 509. The van der Waals surface area contributed by atoms with E-state index in [0.29, 0.717) is 11.4 Å². The summed E-state index contributed by atoms with van der Waals surface area (Å²) in [5.41, 5.74) is 2.81. The summed E-state index contributed by atoms with van der Waals surface area (Å²) in [6.07, 6.45) is 4.93. The highest BCUT2D eigenvalue weighted by Gasteiger charge is 2.21. The fourth-order valence-electron chi connectivity index (χ4n) is 2.21. The first kappa shape index (κ1) is 12.8. The molecule has 1 aromatic heterocycles. The lowest BCUT2D eigenvalue weighted by Crippen LogP contribution is -1.99. The zero-order chi connectivity index (χ0) is 13.1. The molecule has 0 bridgehead atoms. The highest BCUT2D eigenvalue weighted by atomic mass is 32.2. The van der Waals surface area contributed by atoms with Gasteiger partial charge in [-0.25, -0.2) is 4.68 Å². The SMILES string of the molecule is C[C@H]1COC(SCc2ccc(-n3cccn3)cc2)C1. The molecule has 2 heterocycles. The van der Waals surface area contributed by atoms with Crippen molar-refractivity contribution in [1.29, 1.82) is 0 Å². The number of ether oxygens (including phenoxy) is 1. The Hall–Kier alpha value is -1.26.